The highest BCUT2D eigenvalue weighted by molar-refractivity contribution is 8.05. The molecule has 0 bridgehead atoms. The standard InChI is InChI=1S/C25H29ClN2O2S/c1-3-30-22-14-13-19(26)15-18(22)16-23-24(29)28(21-12-8-7-9-17(21)2)25(31-23)27-20-10-5-4-6-11-20/h4-6,10-11,13-17,21,25,27H,3,7-9,12H2,1-2H3/b23-16-/t17-,21+,25?/m1/s1. The number of halogens is 1. The third kappa shape index (κ3) is 5.04. The summed E-state index contributed by atoms with van der Waals surface area (Å²) in [4.78, 5) is 16.4. The molecule has 6 heteroatoms. The van der Waals surface area contributed by atoms with Crippen LogP contribution in [0.15, 0.2) is 53.4 Å². The van der Waals surface area contributed by atoms with Gasteiger partial charge in [-0.2, -0.15) is 0 Å². The summed E-state index contributed by atoms with van der Waals surface area (Å²) in [5, 5.41) is 4.20. The van der Waals surface area contributed by atoms with Gasteiger partial charge in [0.2, 0.25) is 0 Å². The molecule has 1 heterocycles. The summed E-state index contributed by atoms with van der Waals surface area (Å²) in [6.45, 7) is 4.78. The highest BCUT2D eigenvalue weighted by atomic mass is 35.5. The van der Waals surface area contributed by atoms with Crippen molar-refractivity contribution in [3.05, 3.63) is 64.0 Å². The Morgan fingerprint density at radius 1 is 1.19 bits per heavy atom. The summed E-state index contributed by atoms with van der Waals surface area (Å²) in [6, 6.07) is 15.9. The molecule has 1 aliphatic carbocycles. The third-order valence-electron chi connectivity index (χ3n) is 5.98. The molecule has 4 rings (SSSR count). The van der Waals surface area contributed by atoms with Crippen LogP contribution in [-0.2, 0) is 4.79 Å². The Hall–Kier alpha value is -2.11. The maximum absolute atomic E-state index is 13.6. The summed E-state index contributed by atoms with van der Waals surface area (Å²) in [5.74, 6) is 1.31. The minimum Gasteiger partial charge on any atom is -0.493 e. The zero-order chi connectivity index (χ0) is 21.8. The van der Waals surface area contributed by atoms with Gasteiger partial charge < -0.3 is 15.0 Å². The molecule has 3 atom stereocenters. The normalized spacial score (nSPS) is 25.1. The molecular formula is C25H29ClN2O2S. The minimum absolute atomic E-state index is 0.0830. The molecule has 4 nitrogen and oxygen atoms in total. The quantitative estimate of drug-likeness (QED) is 0.495. The van der Waals surface area contributed by atoms with Gasteiger partial charge in [-0.15, -0.1) is 0 Å². The Morgan fingerprint density at radius 2 is 1.97 bits per heavy atom. The second-order valence-electron chi connectivity index (χ2n) is 8.15. The van der Waals surface area contributed by atoms with Crippen LogP contribution in [0.4, 0.5) is 5.69 Å². The average Bonchev–Trinajstić information content (AvgIpc) is 3.06. The van der Waals surface area contributed by atoms with Crippen LogP contribution in [0, 0.1) is 5.92 Å². The van der Waals surface area contributed by atoms with E-state index in [-0.39, 0.29) is 17.4 Å². The summed E-state index contributed by atoms with van der Waals surface area (Å²) < 4.78 is 5.77. The first-order valence-corrected chi connectivity index (χ1v) is 12.3. The Balaban J connectivity index is 1.68. The molecule has 2 aromatic carbocycles. The highest BCUT2D eigenvalue weighted by Crippen LogP contribution is 2.43. The van der Waals surface area contributed by atoms with Crippen LogP contribution in [0.25, 0.3) is 6.08 Å². The lowest BCUT2D eigenvalue weighted by Gasteiger charge is -2.39. The molecule has 0 spiro atoms. The van der Waals surface area contributed by atoms with Crippen molar-refractivity contribution < 1.29 is 9.53 Å². The Bertz CT molecular complexity index is 950. The molecule has 0 aromatic heterocycles. The Morgan fingerprint density at radius 3 is 2.71 bits per heavy atom. The van der Waals surface area contributed by atoms with E-state index in [1.54, 1.807) is 11.8 Å². The van der Waals surface area contributed by atoms with Crippen molar-refractivity contribution in [3.8, 4) is 5.75 Å². The van der Waals surface area contributed by atoms with Crippen molar-refractivity contribution in [1.82, 2.24) is 4.90 Å². The van der Waals surface area contributed by atoms with Crippen molar-refractivity contribution in [2.45, 2.75) is 51.1 Å². The smallest absolute Gasteiger partial charge is 0.262 e. The van der Waals surface area contributed by atoms with Crippen LogP contribution in [0.1, 0.15) is 45.1 Å². The first-order valence-electron chi connectivity index (χ1n) is 11.0. The number of thioether (sulfide) groups is 1. The van der Waals surface area contributed by atoms with Crippen molar-refractivity contribution in [1.29, 1.82) is 0 Å². The zero-order valence-electron chi connectivity index (χ0n) is 18.0. The summed E-state index contributed by atoms with van der Waals surface area (Å²) in [7, 11) is 0. The molecule has 1 saturated carbocycles. The number of amides is 1. The Kier molecular flexibility index (Phi) is 7.13. The van der Waals surface area contributed by atoms with Crippen molar-refractivity contribution in [3.63, 3.8) is 0 Å². The van der Waals surface area contributed by atoms with Gasteiger partial charge in [0.05, 0.1) is 11.5 Å². The number of hydrogen-bond donors (Lipinski definition) is 1. The van der Waals surface area contributed by atoms with E-state index < -0.39 is 0 Å². The molecule has 2 aliphatic rings. The topological polar surface area (TPSA) is 41.6 Å². The SMILES string of the molecule is CCOc1ccc(Cl)cc1/C=C1\SC(Nc2ccccc2)N([C@H]2CCCC[C@H]2C)C1=O. The van der Waals surface area contributed by atoms with E-state index in [1.165, 1.54) is 19.3 Å². The largest absolute Gasteiger partial charge is 0.493 e. The lowest BCUT2D eigenvalue weighted by Crippen LogP contribution is -2.48. The monoisotopic (exact) mass is 456 g/mol. The zero-order valence-corrected chi connectivity index (χ0v) is 19.6. The molecule has 1 N–H and O–H groups in total. The number of carbonyl (C=O) groups is 1. The second kappa shape index (κ2) is 10.0. The predicted molar refractivity (Wildman–Crippen MR) is 130 cm³/mol. The van der Waals surface area contributed by atoms with E-state index in [4.69, 9.17) is 16.3 Å². The summed E-state index contributed by atoms with van der Waals surface area (Å²) >= 11 is 7.82. The van der Waals surface area contributed by atoms with Gasteiger partial charge in [-0.25, -0.2) is 0 Å². The predicted octanol–water partition coefficient (Wildman–Crippen LogP) is 6.63. The maximum Gasteiger partial charge on any atom is 0.262 e. The van der Waals surface area contributed by atoms with E-state index in [0.29, 0.717) is 17.5 Å². The molecular weight excluding hydrogens is 428 g/mol. The van der Waals surface area contributed by atoms with E-state index in [1.807, 2.05) is 61.5 Å². The molecule has 1 amide bonds. The summed E-state index contributed by atoms with van der Waals surface area (Å²) in [5.41, 5.74) is 1.71. The molecule has 31 heavy (non-hydrogen) atoms. The molecule has 1 unspecified atom stereocenters. The van der Waals surface area contributed by atoms with Crippen molar-refractivity contribution in [2.24, 2.45) is 5.92 Å². The fraction of sp³-hybridized carbons (Fsp3) is 0.400. The number of carbonyl (C=O) groups excluding carboxylic acids is 1. The molecule has 2 aromatic rings. The van der Waals surface area contributed by atoms with Crippen molar-refractivity contribution in [2.75, 3.05) is 11.9 Å². The molecule has 1 saturated heterocycles. The van der Waals surface area contributed by atoms with Crippen LogP contribution in [0.5, 0.6) is 5.75 Å². The third-order valence-corrected chi connectivity index (χ3v) is 7.33. The number of nitrogens with zero attached hydrogens (tertiary/aromatic N) is 1. The van der Waals surface area contributed by atoms with Crippen LogP contribution in [-0.4, -0.2) is 29.0 Å². The van der Waals surface area contributed by atoms with Gasteiger partial charge >= 0.3 is 0 Å². The van der Waals surface area contributed by atoms with Gasteiger partial charge in [0.25, 0.3) is 5.91 Å². The molecule has 1 aliphatic heterocycles. The van der Waals surface area contributed by atoms with Gasteiger partial charge in [0.15, 0.2) is 5.50 Å². The Labute approximate surface area is 194 Å². The number of anilines is 1. The minimum atomic E-state index is -0.138. The second-order valence-corrected chi connectivity index (χ2v) is 9.70. The maximum atomic E-state index is 13.6. The van der Waals surface area contributed by atoms with Crippen LogP contribution < -0.4 is 10.1 Å². The van der Waals surface area contributed by atoms with Crippen molar-refractivity contribution >= 4 is 41.0 Å². The highest BCUT2D eigenvalue weighted by Gasteiger charge is 2.43. The molecule has 164 valence electrons. The van der Waals surface area contributed by atoms with Gasteiger partial charge in [-0.05, 0) is 62.1 Å². The van der Waals surface area contributed by atoms with Gasteiger partial charge in [0.1, 0.15) is 5.75 Å². The number of hydrogen-bond acceptors (Lipinski definition) is 4. The molecule has 0 radical (unpaired) electrons. The average molecular weight is 457 g/mol. The van der Waals surface area contributed by atoms with E-state index >= 15 is 0 Å². The first-order chi connectivity index (χ1) is 15.1. The molecule has 2 fully saturated rings. The first kappa shape index (κ1) is 22.1. The van der Waals surface area contributed by atoms with Crippen LogP contribution >= 0.6 is 23.4 Å². The van der Waals surface area contributed by atoms with Gasteiger partial charge in [0, 0.05) is 22.3 Å². The summed E-state index contributed by atoms with van der Waals surface area (Å²) in [6.07, 6.45) is 6.56. The van der Waals surface area contributed by atoms with Crippen LogP contribution in [0.2, 0.25) is 5.02 Å². The number of nitrogens with one attached hydrogen (secondary N) is 1. The van der Waals surface area contributed by atoms with E-state index in [0.717, 1.165) is 28.3 Å². The number of ether oxygens (including phenoxy) is 1. The lowest BCUT2D eigenvalue weighted by atomic mass is 9.85. The van der Waals surface area contributed by atoms with Gasteiger partial charge in [-0.1, -0.05) is 61.3 Å². The van der Waals surface area contributed by atoms with Crippen LogP contribution in [0.3, 0.4) is 0 Å². The van der Waals surface area contributed by atoms with E-state index in [2.05, 4.69) is 17.1 Å². The fourth-order valence-corrected chi connectivity index (χ4v) is 5.81. The fourth-order valence-electron chi connectivity index (χ4n) is 4.43. The number of para-hydroxylation sites is 1. The number of benzene rings is 2. The number of rotatable bonds is 6. The van der Waals surface area contributed by atoms with E-state index in [9.17, 15) is 4.79 Å². The lowest BCUT2D eigenvalue weighted by molar-refractivity contribution is -0.129. The van der Waals surface area contributed by atoms with Gasteiger partial charge in [-0.3, -0.25) is 4.79 Å².